The Morgan fingerprint density at radius 1 is 1.28 bits per heavy atom. The van der Waals surface area contributed by atoms with Crippen molar-refractivity contribution < 1.29 is 4.79 Å². The second-order valence-corrected chi connectivity index (χ2v) is 5.15. The molecule has 3 nitrogen and oxygen atoms in total. The van der Waals surface area contributed by atoms with E-state index >= 15 is 0 Å². The van der Waals surface area contributed by atoms with Crippen LogP contribution < -0.4 is 11.1 Å². The van der Waals surface area contributed by atoms with Gasteiger partial charge < -0.3 is 11.1 Å². The molecule has 1 aromatic rings. The van der Waals surface area contributed by atoms with Crippen molar-refractivity contribution >= 4 is 5.91 Å². The van der Waals surface area contributed by atoms with E-state index in [-0.39, 0.29) is 11.9 Å². The maximum absolute atomic E-state index is 12.1. The van der Waals surface area contributed by atoms with Crippen LogP contribution in [0.2, 0.25) is 0 Å². The zero-order valence-electron chi connectivity index (χ0n) is 11.8. The lowest BCUT2D eigenvalue weighted by atomic mass is 9.99. The van der Waals surface area contributed by atoms with E-state index in [1.165, 1.54) is 5.56 Å². The van der Waals surface area contributed by atoms with E-state index < -0.39 is 0 Å². The molecule has 18 heavy (non-hydrogen) atoms. The predicted octanol–water partition coefficient (Wildman–Crippen LogP) is 2.47. The van der Waals surface area contributed by atoms with Gasteiger partial charge in [-0.15, -0.1) is 0 Å². The van der Waals surface area contributed by atoms with Crippen molar-refractivity contribution in [2.45, 2.75) is 46.6 Å². The number of amides is 1. The van der Waals surface area contributed by atoms with Crippen molar-refractivity contribution in [2.24, 2.45) is 5.73 Å². The molecule has 3 heteroatoms. The lowest BCUT2D eigenvalue weighted by molar-refractivity contribution is 0.0951. The van der Waals surface area contributed by atoms with Crippen LogP contribution in [0, 0.1) is 20.8 Å². The number of nitrogens with two attached hydrogens (primary N) is 1. The largest absolute Gasteiger partial charge is 0.352 e. The third-order valence-corrected chi connectivity index (χ3v) is 3.03. The highest BCUT2D eigenvalue weighted by molar-refractivity contribution is 5.97. The molecule has 100 valence electrons. The molecule has 1 atom stereocenters. The molecule has 0 aromatic heterocycles. The molecule has 3 N–H and O–H groups in total. The Balaban J connectivity index is 2.62. The summed E-state index contributed by atoms with van der Waals surface area (Å²) in [6.07, 6.45) is 1.86. The van der Waals surface area contributed by atoms with E-state index in [0.29, 0.717) is 6.54 Å². The zero-order valence-corrected chi connectivity index (χ0v) is 11.8. The summed E-state index contributed by atoms with van der Waals surface area (Å²) in [5.74, 6) is 0.0228. The lowest BCUT2D eigenvalue weighted by Crippen LogP contribution is -2.27. The summed E-state index contributed by atoms with van der Waals surface area (Å²) in [6.45, 7) is 8.68. The SMILES string of the molecule is Cc1cc(C)c(C(=O)NCCCC(C)N)c(C)c1. The summed E-state index contributed by atoms with van der Waals surface area (Å²) < 4.78 is 0. The lowest BCUT2D eigenvalue weighted by Gasteiger charge is -2.12. The van der Waals surface area contributed by atoms with Crippen LogP contribution in [0.25, 0.3) is 0 Å². The van der Waals surface area contributed by atoms with Gasteiger partial charge in [0, 0.05) is 18.2 Å². The third kappa shape index (κ3) is 4.15. The van der Waals surface area contributed by atoms with Gasteiger partial charge in [0.25, 0.3) is 5.91 Å². The van der Waals surface area contributed by atoms with E-state index in [1.807, 2.05) is 39.8 Å². The van der Waals surface area contributed by atoms with E-state index in [2.05, 4.69) is 5.32 Å². The van der Waals surface area contributed by atoms with Crippen LogP contribution in [-0.2, 0) is 0 Å². The van der Waals surface area contributed by atoms with Crippen LogP contribution in [0.5, 0.6) is 0 Å². The first-order valence-corrected chi connectivity index (χ1v) is 6.53. The van der Waals surface area contributed by atoms with E-state index in [9.17, 15) is 4.79 Å². The normalized spacial score (nSPS) is 12.3. The second-order valence-electron chi connectivity index (χ2n) is 5.15. The highest BCUT2D eigenvalue weighted by Gasteiger charge is 2.11. The predicted molar refractivity (Wildman–Crippen MR) is 75.9 cm³/mol. The van der Waals surface area contributed by atoms with Gasteiger partial charge in [-0.2, -0.15) is 0 Å². The molecular formula is C15H24N2O. The number of nitrogens with one attached hydrogen (secondary N) is 1. The standard InChI is InChI=1S/C15H24N2O/c1-10-8-11(2)14(12(3)9-10)15(18)17-7-5-6-13(4)16/h8-9,13H,5-7,16H2,1-4H3,(H,17,18). The summed E-state index contributed by atoms with van der Waals surface area (Å²) in [7, 11) is 0. The molecule has 1 amide bonds. The molecule has 0 saturated heterocycles. The third-order valence-electron chi connectivity index (χ3n) is 3.03. The smallest absolute Gasteiger partial charge is 0.251 e. The number of aryl methyl sites for hydroxylation is 3. The van der Waals surface area contributed by atoms with Crippen molar-refractivity contribution in [3.05, 3.63) is 34.4 Å². The molecular weight excluding hydrogens is 224 g/mol. The number of benzene rings is 1. The first kappa shape index (κ1) is 14.7. The van der Waals surface area contributed by atoms with E-state index in [0.717, 1.165) is 29.5 Å². The summed E-state index contributed by atoms with van der Waals surface area (Å²) in [6, 6.07) is 4.29. The Hall–Kier alpha value is -1.35. The quantitative estimate of drug-likeness (QED) is 0.786. The van der Waals surface area contributed by atoms with Crippen LogP contribution in [0.4, 0.5) is 0 Å². The molecule has 0 saturated carbocycles. The first-order valence-electron chi connectivity index (χ1n) is 6.53. The maximum Gasteiger partial charge on any atom is 0.251 e. The molecule has 0 aliphatic heterocycles. The van der Waals surface area contributed by atoms with Gasteiger partial charge in [0.15, 0.2) is 0 Å². The van der Waals surface area contributed by atoms with Gasteiger partial charge in [0.05, 0.1) is 0 Å². The van der Waals surface area contributed by atoms with Gasteiger partial charge >= 0.3 is 0 Å². The van der Waals surface area contributed by atoms with E-state index in [4.69, 9.17) is 5.73 Å². The van der Waals surface area contributed by atoms with Gasteiger partial charge in [-0.05, 0) is 51.7 Å². The fourth-order valence-corrected chi connectivity index (χ4v) is 2.25. The molecule has 1 unspecified atom stereocenters. The molecule has 0 bridgehead atoms. The van der Waals surface area contributed by atoms with Gasteiger partial charge in [-0.25, -0.2) is 0 Å². The number of carbonyl (C=O) groups excluding carboxylic acids is 1. The number of rotatable bonds is 5. The van der Waals surface area contributed by atoms with Crippen LogP contribution in [0.1, 0.15) is 46.8 Å². The average molecular weight is 248 g/mol. The Kier molecular flexibility index (Phi) is 5.35. The molecule has 0 fully saturated rings. The minimum absolute atomic E-state index is 0.0228. The van der Waals surface area contributed by atoms with Crippen molar-refractivity contribution in [3.8, 4) is 0 Å². The van der Waals surface area contributed by atoms with Crippen molar-refractivity contribution in [1.82, 2.24) is 5.32 Å². The highest BCUT2D eigenvalue weighted by Crippen LogP contribution is 2.16. The molecule has 1 rings (SSSR count). The summed E-state index contributed by atoms with van der Waals surface area (Å²) in [5, 5.41) is 2.96. The molecule has 0 aliphatic carbocycles. The van der Waals surface area contributed by atoms with Crippen LogP contribution >= 0.6 is 0 Å². The minimum Gasteiger partial charge on any atom is -0.352 e. The zero-order chi connectivity index (χ0) is 13.7. The van der Waals surface area contributed by atoms with Crippen LogP contribution in [-0.4, -0.2) is 18.5 Å². The molecule has 0 aliphatic rings. The summed E-state index contributed by atoms with van der Waals surface area (Å²) >= 11 is 0. The fraction of sp³-hybridized carbons (Fsp3) is 0.533. The van der Waals surface area contributed by atoms with Crippen LogP contribution in [0.3, 0.4) is 0 Å². The molecule has 0 heterocycles. The van der Waals surface area contributed by atoms with Crippen molar-refractivity contribution in [2.75, 3.05) is 6.54 Å². The maximum atomic E-state index is 12.1. The Morgan fingerprint density at radius 3 is 2.33 bits per heavy atom. The summed E-state index contributed by atoms with van der Waals surface area (Å²) in [5.41, 5.74) is 9.75. The monoisotopic (exact) mass is 248 g/mol. The van der Waals surface area contributed by atoms with Crippen LogP contribution in [0.15, 0.2) is 12.1 Å². The number of hydrogen-bond acceptors (Lipinski definition) is 2. The Morgan fingerprint density at radius 2 is 1.83 bits per heavy atom. The fourth-order valence-electron chi connectivity index (χ4n) is 2.25. The molecule has 0 radical (unpaired) electrons. The van der Waals surface area contributed by atoms with Gasteiger partial charge in [-0.3, -0.25) is 4.79 Å². The molecule has 1 aromatic carbocycles. The van der Waals surface area contributed by atoms with Crippen molar-refractivity contribution in [1.29, 1.82) is 0 Å². The van der Waals surface area contributed by atoms with Gasteiger partial charge in [-0.1, -0.05) is 17.7 Å². The molecule has 0 spiro atoms. The topological polar surface area (TPSA) is 55.1 Å². The number of hydrogen-bond donors (Lipinski definition) is 2. The van der Waals surface area contributed by atoms with Gasteiger partial charge in [0.1, 0.15) is 0 Å². The Bertz CT molecular complexity index is 401. The second kappa shape index (κ2) is 6.55. The average Bonchev–Trinajstić information content (AvgIpc) is 2.22. The Labute approximate surface area is 110 Å². The van der Waals surface area contributed by atoms with Crippen molar-refractivity contribution in [3.63, 3.8) is 0 Å². The number of carbonyl (C=O) groups is 1. The summed E-state index contributed by atoms with van der Waals surface area (Å²) in [4.78, 5) is 12.1. The van der Waals surface area contributed by atoms with Gasteiger partial charge in [0.2, 0.25) is 0 Å². The first-order chi connectivity index (χ1) is 8.41. The van der Waals surface area contributed by atoms with E-state index in [1.54, 1.807) is 0 Å². The minimum atomic E-state index is 0.0228. The highest BCUT2D eigenvalue weighted by atomic mass is 16.1.